The number of aryl methyl sites for hydroxylation is 3. The summed E-state index contributed by atoms with van der Waals surface area (Å²) in [6, 6.07) is 10.1. The Morgan fingerprint density at radius 3 is 2.67 bits per heavy atom. The molecule has 0 aliphatic rings. The molecule has 0 saturated carbocycles. The zero-order valence-corrected chi connectivity index (χ0v) is 12.6. The van der Waals surface area contributed by atoms with Crippen LogP contribution in [0.1, 0.15) is 30.1 Å². The van der Waals surface area contributed by atoms with E-state index >= 15 is 0 Å². The fourth-order valence-corrected chi connectivity index (χ4v) is 2.82. The number of hydrogen-bond donors (Lipinski definition) is 1. The number of para-hydroxylation sites is 1. The van der Waals surface area contributed by atoms with E-state index in [1.165, 1.54) is 0 Å². The highest BCUT2D eigenvalue weighted by molar-refractivity contribution is 5.82. The standard InChI is InChI=1S/C16H20N4O/c1-4-20-14-8-6-5-7-12(14)13(18-20)10-16(21)15-9-11(2)17-19(15)3/h5-9,16,21H,4,10H2,1-3H3. The van der Waals surface area contributed by atoms with Crippen molar-refractivity contribution in [2.24, 2.45) is 7.05 Å². The Morgan fingerprint density at radius 1 is 1.24 bits per heavy atom. The third-order valence-electron chi connectivity index (χ3n) is 3.80. The van der Waals surface area contributed by atoms with Crippen LogP contribution in [0.15, 0.2) is 30.3 Å². The van der Waals surface area contributed by atoms with Crippen molar-refractivity contribution in [3.63, 3.8) is 0 Å². The normalized spacial score (nSPS) is 13.0. The van der Waals surface area contributed by atoms with Gasteiger partial charge in [0.1, 0.15) is 6.10 Å². The Labute approximate surface area is 123 Å². The highest BCUT2D eigenvalue weighted by Gasteiger charge is 2.18. The van der Waals surface area contributed by atoms with Crippen LogP contribution < -0.4 is 0 Å². The van der Waals surface area contributed by atoms with Gasteiger partial charge in [0.2, 0.25) is 0 Å². The molecular weight excluding hydrogens is 264 g/mol. The van der Waals surface area contributed by atoms with Gasteiger partial charge < -0.3 is 5.11 Å². The van der Waals surface area contributed by atoms with Crippen LogP contribution in [-0.4, -0.2) is 24.7 Å². The molecule has 0 saturated heterocycles. The lowest BCUT2D eigenvalue weighted by Crippen LogP contribution is -2.09. The lowest BCUT2D eigenvalue weighted by atomic mass is 10.1. The molecule has 0 aliphatic heterocycles. The minimum absolute atomic E-state index is 0.493. The molecule has 1 atom stereocenters. The van der Waals surface area contributed by atoms with E-state index in [-0.39, 0.29) is 0 Å². The molecule has 1 unspecified atom stereocenters. The highest BCUT2D eigenvalue weighted by atomic mass is 16.3. The van der Waals surface area contributed by atoms with Crippen LogP contribution in [0.2, 0.25) is 0 Å². The number of benzene rings is 1. The predicted molar refractivity (Wildman–Crippen MR) is 82.0 cm³/mol. The summed E-state index contributed by atoms with van der Waals surface area (Å²) in [7, 11) is 1.86. The van der Waals surface area contributed by atoms with Crippen molar-refractivity contribution in [3.05, 3.63) is 47.4 Å². The molecule has 110 valence electrons. The number of aromatic nitrogens is 4. The average Bonchev–Trinajstić information content (AvgIpc) is 2.99. The minimum atomic E-state index is -0.597. The highest BCUT2D eigenvalue weighted by Crippen LogP contribution is 2.24. The molecule has 0 amide bonds. The second-order valence-corrected chi connectivity index (χ2v) is 5.33. The first-order valence-corrected chi connectivity index (χ1v) is 7.23. The van der Waals surface area contributed by atoms with Gasteiger partial charge >= 0.3 is 0 Å². The number of rotatable bonds is 4. The second-order valence-electron chi connectivity index (χ2n) is 5.33. The first-order valence-electron chi connectivity index (χ1n) is 7.23. The van der Waals surface area contributed by atoms with Crippen LogP contribution in [0.4, 0.5) is 0 Å². The molecule has 0 fully saturated rings. The summed E-state index contributed by atoms with van der Waals surface area (Å²) in [6.07, 6.45) is -0.105. The Bertz CT molecular complexity index is 772. The van der Waals surface area contributed by atoms with Crippen molar-refractivity contribution in [2.75, 3.05) is 0 Å². The average molecular weight is 284 g/mol. The molecule has 3 rings (SSSR count). The maximum Gasteiger partial charge on any atom is 0.101 e. The van der Waals surface area contributed by atoms with Gasteiger partial charge in [0.25, 0.3) is 0 Å². The van der Waals surface area contributed by atoms with Crippen molar-refractivity contribution in [1.29, 1.82) is 0 Å². The molecule has 5 heteroatoms. The third-order valence-corrected chi connectivity index (χ3v) is 3.80. The fourth-order valence-electron chi connectivity index (χ4n) is 2.82. The summed E-state index contributed by atoms with van der Waals surface area (Å²) in [5.41, 5.74) is 3.78. The van der Waals surface area contributed by atoms with Crippen molar-refractivity contribution in [2.45, 2.75) is 32.9 Å². The first-order chi connectivity index (χ1) is 10.1. The SMILES string of the molecule is CCn1nc(CC(O)c2cc(C)nn2C)c2ccccc21. The lowest BCUT2D eigenvalue weighted by Gasteiger charge is -2.09. The van der Waals surface area contributed by atoms with Crippen LogP contribution >= 0.6 is 0 Å². The van der Waals surface area contributed by atoms with Crippen LogP contribution in [0.3, 0.4) is 0 Å². The van der Waals surface area contributed by atoms with Crippen LogP contribution in [0.25, 0.3) is 10.9 Å². The number of hydrogen-bond acceptors (Lipinski definition) is 3. The summed E-state index contributed by atoms with van der Waals surface area (Å²) in [4.78, 5) is 0. The summed E-state index contributed by atoms with van der Waals surface area (Å²) in [5.74, 6) is 0. The molecular formula is C16H20N4O. The maximum absolute atomic E-state index is 10.5. The number of nitrogens with zero attached hydrogens (tertiary/aromatic N) is 4. The van der Waals surface area contributed by atoms with E-state index in [0.29, 0.717) is 6.42 Å². The Balaban J connectivity index is 1.96. The van der Waals surface area contributed by atoms with Crippen molar-refractivity contribution >= 4 is 10.9 Å². The zero-order valence-electron chi connectivity index (χ0n) is 12.6. The van der Waals surface area contributed by atoms with Crippen molar-refractivity contribution in [1.82, 2.24) is 19.6 Å². The van der Waals surface area contributed by atoms with Gasteiger partial charge in [0.05, 0.1) is 22.6 Å². The molecule has 2 heterocycles. The quantitative estimate of drug-likeness (QED) is 0.800. The summed E-state index contributed by atoms with van der Waals surface area (Å²) < 4.78 is 3.71. The molecule has 21 heavy (non-hydrogen) atoms. The van der Waals surface area contributed by atoms with Gasteiger partial charge in [-0.1, -0.05) is 18.2 Å². The number of aliphatic hydroxyl groups excluding tert-OH is 1. The molecule has 0 spiro atoms. The molecule has 5 nitrogen and oxygen atoms in total. The van der Waals surface area contributed by atoms with Gasteiger partial charge in [-0.3, -0.25) is 9.36 Å². The molecule has 1 aromatic carbocycles. The molecule has 0 aliphatic carbocycles. The van der Waals surface area contributed by atoms with E-state index in [0.717, 1.165) is 34.5 Å². The summed E-state index contributed by atoms with van der Waals surface area (Å²) in [5, 5.41) is 20.5. The number of fused-ring (bicyclic) bond motifs is 1. The summed E-state index contributed by atoms with van der Waals surface area (Å²) in [6.45, 7) is 4.82. The van der Waals surface area contributed by atoms with Gasteiger partial charge in [-0.05, 0) is 26.0 Å². The van der Waals surface area contributed by atoms with E-state index < -0.39 is 6.10 Å². The van der Waals surface area contributed by atoms with Crippen molar-refractivity contribution in [3.8, 4) is 0 Å². The van der Waals surface area contributed by atoms with E-state index in [1.54, 1.807) is 4.68 Å². The topological polar surface area (TPSA) is 55.9 Å². The third kappa shape index (κ3) is 2.45. The Kier molecular flexibility index (Phi) is 3.51. The first kappa shape index (κ1) is 13.8. The number of aliphatic hydroxyl groups is 1. The smallest absolute Gasteiger partial charge is 0.101 e. The molecule has 2 aromatic heterocycles. The van der Waals surface area contributed by atoms with Gasteiger partial charge in [0, 0.05) is 25.4 Å². The van der Waals surface area contributed by atoms with Crippen LogP contribution in [0.5, 0.6) is 0 Å². The largest absolute Gasteiger partial charge is 0.386 e. The van der Waals surface area contributed by atoms with Gasteiger partial charge in [-0.25, -0.2) is 0 Å². The monoisotopic (exact) mass is 284 g/mol. The lowest BCUT2D eigenvalue weighted by molar-refractivity contribution is 0.167. The molecule has 0 bridgehead atoms. The van der Waals surface area contributed by atoms with Crippen molar-refractivity contribution < 1.29 is 5.11 Å². The zero-order chi connectivity index (χ0) is 15.0. The van der Waals surface area contributed by atoms with E-state index in [9.17, 15) is 5.11 Å². The van der Waals surface area contributed by atoms with Crippen LogP contribution in [0, 0.1) is 6.92 Å². The summed E-state index contributed by atoms with van der Waals surface area (Å²) >= 11 is 0. The van der Waals surface area contributed by atoms with Gasteiger partial charge in [-0.2, -0.15) is 10.2 Å². The van der Waals surface area contributed by atoms with E-state index in [2.05, 4.69) is 29.3 Å². The Hall–Kier alpha value is -2.14. The fraction of sp³-hybridized carbons (Fsp3) is 0.375. The van der Waals surface area contributed by atoms with E-state index in [4.69, 9.17) is 0 Å². The minimum Gasteiger partial charge on any atom is -0.386 e. The van der Waals surface area contributed by atoms with Crippen LogP contribution in [-0.2, 0) is 20.0 Å². The predicted octanol–water partition coefficient (Wildman–Crippen LogP) is 2.37. The Morgan fingerprint density at radius 2 is 2.00 bits per heavy atom. The maximum atomic E-state index is 10.5. The second kappa shape index (κ2) is 5.33. The van der Waals surface area contributed by atoms with Gasteiger partial charge in [-0.15, -0.1) is 0 Å². The molecule has 1 N–H and O–H groups in total. The van der Waals surface area contributed by atoms with Gasteiger partial charge in [0.15, 0.2) is 0 Å². The molecule has 3 aromatic rings. The molecule has 0 radical (unpaired) electrons. The van der Waals surface area contributed by atoms with E-state index in [1.807, 2.05) is 36.9 Å².